The molecule has 0 bridgehead atoms. The molecule has 140 valence electrons. The van der Waals surface area contributed by atoms with E-state index < -0.39 is 0 Å². The Morgan fingerprint density at radius 3 is 2.63 bits per heavy atom. The van der Waals surface area contributed by atoms with Gasteiger partial charge in [-0.3, -0.25) is 9.69 Å². The lowest BCUT2D eigenvalue weighted by atomic mass is 10.1. The maximum atomic E-state index is 12.7. The van der Waals surface area contributed by atoms with E-state index in [9.17, 15) is 4.79 Å². The molecule has 0 unspecified atom stereocenters. The summed E-state index contributed by atoms with van der Waals surface area (Å²) in [5.74, 6) is 1.21. The second kappa shape index (κ2) is 7.54. The molecule has 3 heterocycles. The predicted octanol–water partition coefficient (Wildman–Crippen LogP) is 3.25. The molecule has 1 saturated heterocycles. The van der Waals surface area contributed by atoms with Gasteiger partial charge in [0.25, 0.3) is 5.91 Å². The Kier molecular flexibility index (Phi) is 4.96. The van der Waals surface area contributed by atoms with E-state index in [1.807, 2.05) is 25.1 Å². The third kappa shape index (κ3) is 4.04. The quantitative estimate of drug-likeness (QED) is 0.685. The topological polar surface area (TPSA) is 75.6 Å². The minimum Gasteiger partial charge on any atom is -0.361 e. The van der Waals surface area contributed by atoms with Crippen LogP contribution in [0, 0.1) is 6.92 Å². The number of halogens is 1. The summed E-state index contributed by atoms with van der Waals surface area (Å²) < 4.78 is 10.4. The Morgan fingerprint density at radius 1 is 1.11 bits per heavy atom. The average Bonchev–Trinajstić information content (AvgIpc) is 3.31. The molecule has 0 spiro atoms. The molecule has 0 atom stereocenters. The summed E-state index contributed by atoms with van der Waals surface area (Å²) in [6.07, 6.45) is 0. The Bertz CT molecular complexity index is 944. The normalized spacial score (nSPS) is 15.3. The zero-order valence-electron chi connectivity index (χ0n) is 14.9. The first kappa shape index (κ1) is 17.8. The zero-order chi connectivity index (χ0) is 18.8. The van der Waals surface area contributed by atoms with E-state index in [-0.39, 0.29) is 5.91 Å². The molecular weight excluding hydrogens is 368 g/mol. The molecule has 2 aromatic heterocycles. The van der Waals surface area contributed by atoms with Gasteiger partial charge in [0, 0.05) is 55.4 Å². The number of piperazine rings is 1. The summed E-state index contributed by atoms with van der Waals surface area (Å²) in [5, 5.41) is 8.57. The van der Waals surface area contributed by atoms with Crippen LogP contribution in [-0.4, -0.2) is 52.2 Å². The van der Waals surface area contributed by atoms with E-state index in [4.69, 9.17) is 20.6 Å². The Balaban J connectivity index is 1.37. The van der Waals surface area contributed by atoms with Crippen molar-refractivity contribution in [2.45, 2.75) is 13.5 Å². The van der Waals surface area contributed by atoms with Gasteiger partial charge in [-0.05, 0) is 19.1 Å². The monoisotopic (exact) mass is 386 g/mol. The molecule has 1 aliphatic heterocycles. The molecule has 0 N–H and O–H groups in total. The Labute approximate surface area is 161 Å². The van der Waals surface area contributed by atoms with E-state index in [0.717, 1.165) is 36.7 Å². The SMILES string of the molecule is Cc1cc(CN2CCN(C(=O)c3cc(-c4cccc(Cl)c4)on3)CC2)no1. The number of aryl methyl sites for hydroxylation is 1. The fourth-order valence-electron chi connectivity index (χ4n) is 3.15. The number of hydrogen-bond donors (Lipinski definition) is 0. The van der Waals surface area contributed by atoms with Crippen LogP contribution < -0.4 is 0 Å². The minimum atomic E-state index is -0.121. The van der Waals surface area contributed by atoms with Crippen molar-refractivity contribution in [3.8, 4) is 11.3 Å². The van der Waals surface area contributed by atoms with Crippen molar-refractivity contribution < 1.29 is 13.8 Å². The van der Waals surface area contributed by atoms with Gasteiger partial charge in [-0.2, -0.15) is 0 Å². The molecule has 7 nitrogen and oxygen atoms in total. The number of amides is 1. The van der Waals surface area contributed by atoms with E-state index in [2.05, 4.69) is 15.2 Å². The lowest BCUT2D eigenvalue weighted by Crippen LogP contribution is -2.48. The van der Waals surface area contributed by atoms with Crippen molar-refractivity contribution in [3.05, 3.63) is 58.6 Å². The summed E-state index contributed by atoms with van der Waals surface area (Å²) in [4.78, 5) is 16.8. The molecule has 1 aromatic carbocycles. The summed E-state index contributed by atoms with van der Waals surface area (Å²) in [6.45, 7) is 5.42. The number of aromatic nitrogens is 2. The molecule has 27 heavy (non-hydrogen) atoms. The number of carbonyl (C=O) groups is 1. The van der Waals surface area contributed by atoms with Crippen LogP contribution in [-0.2, 0) is 6.54 Å². The molecule has 4 rings (SSSR count). The summed E-state index contributed by atoms with van der Waals surface area (Å²) in [6, 6.07) is 10.9. The van der Waals surface area contributed by atoms with Crippen LogP contribution in [0.5, 0.6) is 0 Å². The first-order chi connectivity index (χ1) is 13.1. The predicted molar refractivity (Wildman–Crippen MR) is 99.4 cm³/mol. The van der Waals surface area contributed by atoms with Gasteiger partial charge >= 0.3 is 0 Å². The standard InChI is InChI=1S/C19H19ClN4O3/c1-13-9-16(21-26-13)12-23-5-7-24(8-6-23)19(25)17-11-18(27-22-17)14-3-2-4-15(20)10-14/h2-4,9-11H,5-8,12H2,1H3. The minimum absolute atomic E-state index is 0.121. The largest absolute Gasteiger partial charge is 0.361 e. The molecular formula is C19H19ClN4O3. The van der Waals surface area contributed by atoms with E-state index in [1.54, 1.807) is 23.1 Å². The van der Waals surface area contributed by atoms with Crippen LogP contribution in [0.2, 0.25) is 5.02 Å². The highest BCUT2D eigenvalue weighted by molar-refractivity contribution is 6.30. The first-order valence-corrected chi connectivity index (χ1v) is 9.13. The van der Waals surface area contributed by atoms with Crippen molar-refractivity contribution in [3.63, 3.8) is 0 Å². The molecule has 0 aliphatic carbocycles. The molecule has 1 amide bonds. The first-order valence-electron chi connectivity index (χ1n) is 8.75. The third-order valence-electron chi connectivity index (χ3n) is 4.56. The molecule has 1 fully saturated rings. The molecule has 0 radical (unpaired) electrons. The average molecular weight is 387 g/mol. The highest BCUT2D eigenvalue weighted by Gasteiger charge is 2.25. The number of rotatable bonds is 4. The number of benzene rings is 1. The lowest BCUT2D eigenvalue weighted by Gasteiger charge is -2.33. The highest BCUT2D eigenvalue weighted by atomic mass is 35.5. The van der Waals surface area contributed by atoms with Gasteiger partial charge in [0.1, 0.15) is 5.76 Å². The van der Waals surface area contributed by atoms with E-state index in [1.165, 1.54) is 0 Å². The van der Waals surface area contributed by atoms with E-state index >= 15 is 0 Å². The van der Waals surface area contributed by atoms with Gasteiger partial charge in [-0.15, -0.1) is 0 Å². The van der Waals surface area contributed by atoms with E-state index in [0.29, 0.717) is 29.6 Å². The van der Waals surface area contributed by atoms with Crippen LogP contribution in [0.15, 0.2) is 45.4 Å². The van der Waals surface area contributed by atoms with Crippen LogP contribution in [0.1, 0.15) is 21.9 Å². The maximum Gasteiger partial charge on any atom is 0.276 e. The van der Waals surface area contributed by atoms with Crippen molar-refractivity contribution >= 4 is 17.5 Å². The van der Waals surface area contributed by atoms with Crippen LogP contribution >= 0.6 is 11.6 Å². The fraction of sp³-hybridized carbons (Fsp3) is 0.316. The summed E-state index contributed by atoms with van der Waals surface area (Å²) in [7, 11) is 0. The second-order valence-electron chi connectivity index (χ2n) is 6.58. The lowest BCUT2D eigenvalue weighted by molar-refractivity contribution is 0.0616. The van der Waals surface area contributed by atoms with Gasteiger partial charge in [-0.1, -0.05) is 34.0 Å². The summed E-state index contributed by atoms with van der Waals surface area (Å²) >= 11 is 6.01. The number of hydrogen-bond acceptors (Lipinski definition) is 6. The Morgan fingerprint density at radius 2 is 1.93 bits per heavy atom. The van der Waals surface area contributed by atoms with Crippen LogP contribution in [0.3, 0.4) is 0 Å². The van der Waals surface area contributed by atoms with Crippen LogP contribution in [0.4, 0.5) is 0 Å². The van der Waals surface area contributed by atoms with Gasteiger partial charge in [0.2, 0.25) is 0 Å². The third-order valence-corrected chi connectivity index (χ3v) is 4.80. The van der Waals surface area contributed by atoms with Crippen molar-refractivity contribution in [1.29, 1.82) is 0 Å². The molecule has 3 aromatic rings. The van der Waals surface area contributed by atoms with Gasteiger partial charge in [0.05, 0.1) is 5.69 Å². The van der Waals surface area contributed by atoms with Crippen molar-refractivity contribution in [1.82, 2.24) is 20.1 Å². The van der Waals surface area contributed by atoms with Gasteiger partial charge < -0.3 is 13.9 Å². The summed E-state index contributed by atoms with van der Waals surface area (Å²) in [5.41, 5.74) is 2.02. The molecule has 1 aliphatic rings. The van der Waals surface area contributed by atoms with Gasteiger partial charge in [0.15, 0.2) is 11.5 Å². The van der Waals surface area contributed by atoms with Crippen LogP contribution in [0.25, 0.3) is 11.3 Å². The number of carbonyl (C=O) groups excluding carboxylic acids is 1. The molecule has 0 saturated carbocycles. The molecule has 8 heteroatoms. The maximum absolute atomic E-state index is 12.7. The van der Waals surface area contributed by atoms with Gasteiger partial charge in [-0.25, -0.2) is 0 Å². The fourth-order valence-corrected chi connectivity index (χ4v) is 3.34. The van der Waals surface area contributed by atoms with Crippen molar-refractivity contribution in [2.75, 3.05) is 26.2 Å². The smallest absolute Gasteiger partial charge is 0.276 e. The second-order valence-corrected chi connectivity index (χ2v) is 7.02. The van der Waals surface area contributed by atoms with Crippen molar-refractivity contribution in [2.24, 2.45) is 0 Å². The Hall–Kier alpha value is -2.64. The highest BCUT2D eigenvalue weighted by Crippen LogP contribution is 2.24. The zero-order valence-corrected chi connectivity index (χ0v) is 15.6. The number of nitrogens with zero attached hydrogens (tertiary/aromatic N) is 4.